The molecule has 0 aliphatic heterocycles. The highest BCUT2D eigenvalue weighted by atomic mass is 16.5. The molecule has 0 fully saturated rings. The maximum Gasteiger partial charge on any atom is 0.336 e. The second-order valence-electron chi connectivity index (χ2n) is 3.71. The Morgan fingerprint density at radius 1 is 1.33 bits per heavy atom. The molecule has 0 aliphatic rings. The summed E-state index contributed by atoms with van der Waals surface area (Å²) in [7, 11) is 0. The number of hydrogen-bond donors (Lipinski definition) is 2. The largest absolute Gasteiger partial charge is 0.508 e. The van der Waals surface area contributed by atoms with E-state index in [1.165, 1.54) is 13.0 Å². The molecule has 1 aromatic carbocycles. The Bertz CT molecular complexity index is 670. The number of ether oxygens (including phenoxy) is 1. The average molecular weight is 250 g/mol. The lowest BCUT2D eigenvalue weighted by Crippen LogP contribution is -2.05. The van der Waals surface area contributed by atoms with Crippen molar-refractivity contribution in [3.05, 3.63) is 34.2 Å². The van der Waals surface area contributed by atoms with Crippen molar-refractivity contribution in [3.8, 4) is 11.5 Å². The van der Waals surface area contributed by atoms with E-state index in [0.29, 0.717) is 5.56 Å². The topological polar surface area (TPSA) is 97.0 Å². The molecule has 1 heterocycles. The van der Waals surface area contributed by atoms with Gasteiger partial charge in [0.25, 0.3) is 0 Å². The smallest absolute Gasteiger partial charge is 0.336 e. The molecule has 1 aromatic heterocycles. The molecule has 0 unspecified atom stereocenters. The van der Waals surface area contributed by atoms with Crippen LogP contribution in [0, 0.1) is 0 Å². The summed E-state index contributed by atoms with van der Waals surface area (Å²) in [5, 5.41) is 19.3. The van der Waals surface area contributed by atoms with Crippen LogP contribution in [0.2, 0.25) is 0 Å². The third kappa shape index (κ3) is 2.27. The molecule has 0 saturated heterocycles. The van der Waals surface area contributed by atoms with Crippen molar-refractivity contribution in [3.63, 3.8) is 0 Å². The van der Waals surface area contributed by atoms with Crippen LogP contribution in [0.5, 0.6) is 11.5 Å². The van der Waals surface area contributed by atoms with Gasteiger partial charge in [0.1, 0.15) is 23.7 Å². The lowest BCUT2D eigenvalue weighted by Gasteiger charge is -2.07. The predicted octanol–water partition coefficient (Wildman–Crippen LogP) is 1.27. The monoisotopic (exact) mass is 250 g/mol. The average Bonchev–Trinajstić information content (AvgIpc) is 2.24. The van der Waals surface area contributed by atoms with Crippen molar-refractivity contribution in [2.45, 2.75) is 13.5 Å². The molecule has 0 saturated carbocycles. The molecule has 0 atom stereocenters. The summed E-state index contributed by atoms with van der Waals surface area (Å²) in [6.45, 7) is 1.08. The molecule has 94 valence electrons. The van der Waals surface area contributed by atoms with Crippen LogP contribution in [-0.2, 0) is 16.1 Å². The highest BCUT2D eigenvalue weighted by molar-refractivity contribution is 5.87. The van der Waals surface area contributed by atoms with Crippen LogP contribution < -0.4 is 5.63 Å². The van der Waals surface area contributed by atoms with Crippen LogP contribution in [0.1, 0.15) is 12.5 Å². The third-order valence-corrected chi connectivity index (χ3v) is 2.32. The number of hydrogen-bond acceptors (Lipinski definition) is 6. The highest BCUT2D eigenvalue weighted by Crippen LogP contribution is 2.31. The van der Waals surface area contributed by atoms with E-state index in [9.17, 15) is 19.8 Å². The first-order valence-corrected chi connectivity index (χ1v) is 5.09. The van der Waals surface area contributed by atoms with Gasteiger partial charge in [0.2, 0.25) is 0 Å². The molecule has 0 radical (unpaired) electrons. The molecular weight excluding hydrogens is 240 g/mol. The van der Waals surface area contributed by atoms with Crippen molar-refractivity contribution < 1.29 is 24.2 Å². The van der Waals surface area contributed by atoms with Crippen molar-refractivity contribution in [1.82, 2.24) is 0 Å². The summed E-state index contributed by atoms with van der Waals surface area (Å²) >= 11 is 0. The predicted molar refractivity (Wildman–Crippen MR) is 61.3 cm³/mol. The normalized spacial score (nSPS) is 10.5. The number of esters is 1. The van der Waals surface area contributed by atoms with E-state index in [0.717, 1.165) is 12.1 Å². The molecule has 2 rings (SSSR count). The fourth-order valence-electron chi connectivity index (χ4n) is 1.64. The van der Waals surface area contributed by atoms with Crippen molar-refractivity contribution in [2.75, 3.05) is 0 Å². The fourth-order valence-corrected chi connectivity index (χ4v) is 1.64. The van der Waals surface area contributed by atoms with Crippen LogP contribution >= 0.6 is 0 Å². The summed E-state index contributed by atoms with van der Waals surface area (Å²) in [6.07, 6.45) is 0. The van der Waals surface area contributed by atoms with Crippen LogP contribution in [0.4, 0.5) is 0 Å². The molecule has 2 N–H and O–H groups in total. The molecule has 0 amide bonds. The number of carbonyl (C=O) groups excluding carboxylic acids is 1. The lowest BCUT2D eigenvalue weighted by molar-refractivity contribution is -0.142. The Labute approximate surface area is 101 Å². The zero-order chi connectivity index (χ0) is 13.3. The van der Waals surface area contributed by atoms with Gasteiger partial charge in [-0.1, -0.05) is 0 Å². The zero-order valence-electron chi connectivity index (χ0n) is 9.47. The quantitative estimate of drug-likeness (QED) is 0.615. The van der Waals surface area contributed by atoms with Crippen LogP contribution in [-0.4, -0.2) is 16.2 Å². The maximum atomic E-state index is 11.3. The summed E-state index contributed by atoms with van der Waals surface area (Å²) in [5.74, 6) is -0.988. The molecule has 6 nitrogen and oxygen atoms in total. The highest BCUT2D eigenvalue weighted by Gasteiger charge is 2.12. The first-order valence-electron chi connectivity index (χ1n) is 5.09. The van der Waals surface area contributed by atoms with Gasteiger partial charge in [-0.05, 0) is 0 Å². The van der Waals surface area contributed by atoms with Gasteiger partial charge in [-0.3, -0.25) is 4.79 Å². The summed E-state index contributed by atoms with van der Waals surface area (Å²) in [6, 6.07) is 3.44. The zero-order valence-corrected chi connectivity index (χ0v) is 9.47. The lowest BCUT2D eigenvalue weighted by atomic mass is 10.1. The van der Waals surface area contributed by atoms with Gasteiger partial charge >= 0.3 is 11.6 Å². The Balaban J connectivity index is 2.64. The van der Waals surface area contributed by atoms with E-state index in [4.69, 9.17) is 9.15 Å². The number of phenolic OH excluding ortho intramolecular Hbond substituents is 2. The van der Waals surface area contributed by atoms with Gasteiger partial charge in [-0.15, -0.1) is 0 Å². The van der Waals surface area contributed by atoms with Crippen LogP contribution in [0.3, 0.4) is 0 Å². The Kier molecular flexibility index (Phi) is 2.93. The standard InChI is InChI=1S/C12H10O6/c1-6(13)17-5-7-2-11(16)18-10-4-8(14)3-9(15)12(7)10/h2-4,14-15H,5H2,1H3. The number of aromatic hydroxyl groups is 2. The first-order chi connectivity index (χ1) is 8.47. The Hall–Kier alpha value is -2.50. The van der Waals surface area contributed by atoms with Gasteiger partial charge in [0.05, 0.1) is 5.39 Å². The van der Waals surface area contributed by atoms with E-state index < -0.39 is 11.6 Å². The van der Waals surface area contributed by atoms with Gasteiger partial charge in [-0.2, -0.15) is 0 Å². The minimum Gasteiger partial charge on any atom is -0.508 e. The molecule has 2 aromatic rings. The van der Waals surface area contributed by atoms with Crippen LogP contribution in [0.15, 0.2) is 27.4 Å². The molecule has 0 spiro atoms. The second kappa shape index (κ2) is 4.40. The third-order valence-electron chi connectivity index (χ3n) is 2.32. The summed E-state index contributed by atoms with van der Waals surface area (Å²) < 4.78 is 9.64. The van der Waals surface area contributed by atoms with Gasteiger partial charge in [0.15, 0.2) is 0 Å². The molecule has 0 aliphatic carbocycles. The number of rotatable bonds is 2. The number of phenols is 2. The fraction of sp³-hybridized carbons (Fsp3) is 0.167. The Morgan fingerprint density at radius 2 is 2.06 bits per heavy atom. The second-order valence-corrected chi connectivity index (χ2v) is 3.71. The van der Waals surface area contributed by atoms with E-state index in [-0.39, 0.29) is 29.1 Å². The maximum absolute atomic E-state index is 11.3. The number of fused-ring (bicyclic) bond motifs is 1. The molecular formula is C12H10O6. The molecule has 6 heteroatoms. The minimum atomic E-state index is -0.658. The number of carbonyl (C=O) groups is 1. The van der Waals surface area contributed by atoms with Crippen molar-refractivity contribution >= 4 is 16.9 Å². The van der Waals surface area contributed by atoms with E-state index in [1.54, 1.807) is 0 Å². The summed E-state index contributed by atoms with van der Waals surface area (Å²) in [4.78, 5) is 22.1. The number of benzene rings is 1. The van der Waals surface area contributed by atoms with Gasteiger partial charge in [0, 0.05) is 30.7 Å². The molecule has 18 heavy (non-hydrogen) atoms. The minimum absolute atomic E-state index is 0.0298. The first kappa shape index (κ1) is 12.0. The SMILES string of the molecule is CC(=O)OCc1cc(=O)oc2cc(O)cc(O)c12. The van der Waals surface area contributed by atoms with E-state index >= 15 is 0 Å². The Morgan fingerprint density at radius 3 is 2.72 bits per heavy atom. The van der Waals surface area contributed by atoms with Gasteiger partial charge in [-0.25, -0.2) is 4.79 Å². The summed E-state index contributed by atoms with van der Waals surface area (Å²) in [5.41, 5.74) is -0.314. The van der Waals surface area contributed by atoms with E-state index in [2.05, 4.69) is 0 Å². The van der Waals surface area contributed by atoms with Crippen molar-refractivity contribution in [2.24, 2.45) is 0 Å². The van der Waals surface area contributed by atoms with Crippen LogP contribution in [0.25, 0.3) is 11.0 Å². The van der Waals surface area contributed by atoms with Crippen molar-refractivity contribution in [1.29, 1.82) is 0 Å². The van der Waals surface area contributed by atoms with Gasteiger partial charge < -0.3 is 19.4 Å². The molecule has 0 bridgehead atoms. The van der Waals surface area contributed by atoms with E-state index in [1.807, 2.05) is 0 Å².